The number of rotatable bonds is 7. The van der Waals surface area contributed by atoms with Gasteiger partial charge in [0.15, 0.2) is 0 Å². The lowest BCUT2D eigenvalue weighted by atomic mass is 10.1. The first-order valence-electron chi connectivity index (χ1n) is 5.75. The van der Waals surface area contributed by atoms with Crippen LogP contribution in [0.4, 0.5) is 4.39 Å². The van der Waals surface area contributed by atoms with Crippen LogP contribution in [0.15, 0.2) is 18.2 Å². The van der Waals surface area contributed by atoms with Crippen LogP contribution in [0.5, 0.6) is 0 Å². The van der Waals surface area contributed by atoms with Gasteiger partial charge in [-0.1, -0.05) is 12.5 Å². The fourth-order valence-electron chi connectivity index (χ4n) is 1.60. The van der Waals surface area contributed by atoms with E-state index in [1.54, 1.807) is 6.07 Å². The number of hydrogen-bond donors (Lipinski definition) is 1. The maximum atomic E-state index is 12.8. The second kappa shape index (κ2) is 7.64. The van der Waals surface area contributed by atoms with E-state index in [0.717, 1.165) is 37.4 Å². The van der Waals surface area contributed by atoms with Crippen LogP contribution >= 0.6 is 11.6 Å². The molecule has 1 N–H and O–H groups in total. The van der Waals surface area contributed by atoms with Gasteiger partial charge in [-0.3, -0.25) is 0 Å². The summed E-state index contributed by atoms with van der Waals surface area (Å²) in [7, 11) is 0. The number of halogens is 2. The van der Waals surface area contributed by atoms with Crippen molar-refractivity contribution in [2.75, 3.05) is 12.4 Å². The van der Waals surface area contributed by atoms with E-state index in [2.05, 4.69) is 5.32 Å². The first-order valence-corrected chi connectivity index (χ1v) is 6.29. The molecule has 1 aromatic rings. The van der Waals surface area contributed by atoms with Crippen molar-refractivity contribution in [3.63, 3.8) is 0 Å². The largest absolute Gasteiger partial charge is 0.313 e. The molecule has 0 saturated heterocycles. The predicted molar refractivity (Wildman–Crippen MR) is 67.4 cm³/mol. The average molecular weight is 244 g/mol. The molecule has 0 bridgehead atoms. The van der Waals surface area contributed by atoms with E-state index in [1.165, 1.54) is 18.1 Å². The Morgan fingerprint density at radius 1 is 1.25 bits per heavy atom. The van der Waals surface area contributed by atoms with Crippen molar-refractivity contribution in [1.29, 1.82) is 0 Å². The zero-order valence-corrected chi connectivity index (χ0v) is 10.5. The first kappa shape index (κ1) is 13.5. The molecule has 0 amide bonds. The maximum absolute atomic E-state index is 12.8. The molecule has 16 heavy (non-hydrogen) atoms. The minimum absolute atomic E-state index is 0.164. The summed E-state index contributed by atoms with van der Waals surface area (Å²) >= 11 is 5.59. The third kappa shape index (κ3) is 4.95. The van der Waals surface area contributed by atoms with Crippen molar-refractivity contribution in [1.82, 2.24) is 5.32 Å². The smallest absolute Gasteiger partial charge is 0.123 e. The molecular formula is C13H19ClFN. The summed E-state index contributed by atoms with van der Waals surface area (Å²) in [6.07, 6.45) is 3.39. The van der Waals surface area contributed by atoms with Gasteiger partial charge >= 0.3 is 0 Å². The summed E-state index contributed by atoms with van der Waals surface area (Å²) in [6.45, 7) is 3.74. The van der Waals surface area contributed by atoms with Gasteiger partial charge in [-0.2, -0.15) is 0 Å². The van der Waals surface area contributed by atoms with E-state index >= 15 is 0 Å². The molecule has 1 rings (SSSR count). The van der Waals surface area contributed by atoms with Gasteiger partial charge in [0.25, 0.3) is 0 Å². The van der Waals surface area contributed by atoms with Gasteiger partial charge in [0.1, 0.15) is 5.82 Å². The van der Waals surface area contributed by atoms with Crippen molar-refractivity contribution in [2.24, 2.45) is 0 Å². The van der Waals surface area contributed by atoms with Crippen LogP contribution in [0.25, 0.3) is 0 Å². The Labute approximate surface area is 102 Å². The lowest BCUT2D eigenvalue weighted by Gasteiger charge is -2.07. The monoisotopic (exact) mass is 243 g/mol. The summed E-state index contributed by atoms with van der Waals surface area (Å²) in [5.41, 5.74) is 2.17. The summed E-state index contributed by atoms with van der Waals surface area (Å²) in [5.74, 6) is 0.584. The molecular weight excluding hydrogens is 225 g/mol. The summed E-state index contributed by atoms with van der Waals surface area (Å²) in [4.78, 5) is 0. The predicted octanol–water partition coefficient (Wildman–Crippen LogP) is 3.63. The van der Waals surface area contributed by atoms with Crippen molar-refractivity contribution >= 4 is 11.6 Å². The average Bonchev–Trinajstić information content (AvgIpc) is 2.26. The van der Waals surface area contributed by atoms with Gasteiger partial charge in [0, 0.05) is 12.4 Å². The summed E-state index contributed by atoms with van der Waals surface area (Å²) in [5, 5.41) is 3.36. The van der Waals surface area contributed by atoms with Crippen molar-refractivity contribution < 1.29 is 4.39 Å². The van der Waals surface area contributed by atoms with Crippen LogP contribution in [0.1, 0.15) is 30.4 Å². The van der Waals surface area contributed by atoms with Crippen molar-refractivity contribution in [3.8, 4) is 0 Å². The molecule has 0 saturated carbocycles. The van der Waals surface area contributed by atoms with Crippen LogP contribution in [0, 0.1) is 12.7 Å². The van der Waals surface area contributed by atoms with Crippen LogP contribution in [-0.4, -0.2) is 12.4 Å². The molecule has 1 aromatic carbocycles. The van der Waals surface area contributed by atoms with Gasteiger partial charge in [0.05, 0.1) is 0 Å². The van der Waals surface area contributed by atoms with Crippen LogP contribution < -0.4 is 5.32 Å². The van der Waals surface area contributed by atoms with Gasteiger partial charge in [-0.25, -0.2) is 4.39 Å². The zero-order valence-electron chi connectivity index (χ0n) is 9.73. The molecule has 0 aromatic heterocycles. The number of hydrogen-bond acceptors (Lipinski definition) is 1. The minimum atomic E-state index is -0.164. The first-order chi connectivity index (χ1) is 7.74. The quantitative estimate of drug-likeness (QED) is 0.570. The molecule has 0 aliphatic carbocycles. The Bertz CT molecular complexity index is 315. The number of benzene rings is 1. The molecule has 90 valence electrons. The minimum Gasteiger partial charge on any atom is -0.313 e. The van der Waals surface area contributed by atoms with E-state index in [-0.39, 0.29) is 5.82 Å². The molecule has 0 aliphatic rings. The van der Waals surface area contributed by atoms with Gasteiger partial charge in [-0.05, 0) is 49.6 Å². The SMILES string of the molecule is Cc1cc(F)ccc1CNCCCCCCl. The van der Waals surface area contributed by atoms with Gasteiger partial charge < -0.3 is 5.32 Å². The topological polar surface area (TPSA) is 12.0 Å². The highest BCUT2D eigenvalue weighted by Crippen LogP contribution is 2.09. The molecule has 0 radical (unpaired) electrons. The number of unbranched alkanes of at least 4 members (excludes halogenated alkanes) is 2. The number of alkyl halides is 1. The second-order valence-corrected chi connectivity index (χ2v) is 4.38. The van der Waals surface area contributed by atoms with E-state index < -0.39 is 0 Å². The molecule has 0 atom stereocenters. The van der Waals surface area contributed by atoms with E-state index in [9.17, 15) is 4.39 Å². The molecule has 0 unspecified atom stereocenters. The second-order valence-electron chi connectivity index (χ2n) is 4.00. The van der Waals surface area contributed by atoms with E-state index in [1.807, 2.05) is 13.0 Å². The van der Waals surface area contributed by atoms with Crippen LogP contribution in [-0.2, 0) is 6.54 Å². The van der Waals surface area contributed by atoms with E-state index in [0.29, 0.717) is 0 Å². The highest BCUT2D eigenvalue weighted by atomic mass is 35.5. The van der Waals surface area contributed by atoms with Crippen LogP contribution in [0.3, 0.4) is 0 Å². The Hall–Kier alpha value is -0.600. The third-order valence-corrected chi connectivity index (χ3v) is 2.87. The normalized spacial score (nSPS) is 10.7. The zero-order chi connectivity index (χ0) is 11.8. The highest BCUT2D eigenvalue weighted by Gasteiger charge is 1.99. The number of aryl methyl sites for hydroxylation is 1. The standard InChI is InChI=1S/C13H19ClFN/c1-11-9-13(15)6-5-12(11)10-16-8-4-2-3-7-14/h5-6,9,16H,2-4,7-8,10H2,1H3. The fraction of sp³-hybridized carbons (Fsp3) is 0.538. The van der Waals surface area contributed by atoms with E-state index in [4.69, 9.17) is 11.6 Å². The summed E-state index contributed by atoms with van der Waals surface area (Å²) < 4.78 is 12.8. The Kier molecular flexibility index (Phi) is 6.43. The lowest BCUT2D eigenvalue weighted by molar-refractivity contribution is 0.609. The van der Waals surface area contributed by atoms with Gasteiger partial charge in [0.2, 0.25) is 0 Å². The fourth-order valence-corrected chi connectivity index (χ4v) is 1.79. The lowest BCUT2D eigenvalue weighted by Crippen LogP contribution is -2.15. The van der Waals surface area contributed by atoms with Gasteiger partial charge in [-0.15, -0.1) is 11.6 Å². The summed E-state index contributed by atoms with van der Waals surface area (Å²) in [6, 6.07) is 4.93. The molecule has 1 nitrogen and oxygen atoms in total. The molecule has 3 heteroatoms. The Morgan fingerprint density at radius 2 is 2.06 bits per heavy atom. The maximum Gasteiger partial charge on any atom is 0.123 e. The Morgan fingerprint density at radius 3 is 2.75 bits per heavy atom. The Balaban J connectivity index is 2.21. The van der Waals surface area contributed by atoms with Crippen molar-refractivity contribution in [3.05, 3.63) is 35.1 Å². The van der Waals surface area contributed by atoms with Crippen molar-refractivity contribution in [2.45, 2.75) is 32.7 Å². The molecule has 0 fully saturated rings. The third-order valence-electron chi connectivity index (χ3n) is 2.61. The number of nitrogens with one attached hydrogen (secondary N) is 1. The molecule has 0 spiro atoms. The highest BCUT2D eigenvalue weighted by molar-refractivity contribution is 6.17. The molecule has 0 aliphatic heterocycles. The van der Waals surface area contributed by atoms with Crippen LogP contribution in [0.2, 0.25) is 0 Å². The molecule has 0 heterocycles.